The van der Waals surface area contributed by atoms with Crippen molar-refractivity contribution in [3.63, 3.8) is 0 Å². The molecule has 156 valence electrons. The van der Waals surface area contributed by atoms with Crippen molar-refractivity contribution in [3.8, 4) is 11.1 Å². The van der Waals surface area contributed by atoms with Crippen LogP contribution in [0.15, 0.2) is 60.8 Å². The summed E-state index contributed by atoms with van der Waals surface area (Å²) in [7, 11) is 0. The van der Waals surface area contributed by atoms with Gasteiger partial charge in [-0.2, -0.15) is 0 Å². The topological polar surface area (TPSA) is 128 Å². The lowest BCUT2D eigenvalue weighted by atomic mass is 9.82. The maximum absolute atomic E-state index is 12.4. The third-order valence-corrected chi connectivity index (χ3v) is 5.09. The van der Waals surface area contributed by atoms with Crippen LogP contribution in [-0.2, 0) is 11.2 Å². The Kier molecular flexibility index (Phi) is 6.58. The van der Waals surface area contributed by atoms with E-state index in [0.29, 0.717) is 6.42 Å². The fourth-order valence-corrected chi connectivity index (χ4v) is 3.26. The van der Waals surface area contributed by atoms with Gasteiger partial charge in [0.05, 0.1) is 18.2 Å². The molecule has 1 amide bonds. The van der Waals surface area contributed by atoms with Crippen LogP contribution < -0.4 is 5.32 Å². The largest absolute Gasteiger partial charge is 0.481 e. The second kappa shape index (κ2) is 9.32. The number of nitrogens with one attached hydrogen (secondary N) is 2. The van der Waals surface area contributed by atoms with E-state index in [2.05, 4.69) is 20.7 Å². The van der Waals surface area contributed by atoms with Crippen LogP contribution in [0.25, 0.3) is 11.1 Å². The lowest BCUT2D eigenvalue weighted by Gasteiger charge is -2.28. The number of carbonyl (C=O) groups is 2. The number of carbonyl (C=O) groups excluding carboxylic acids is 1. The van der Waals surface area contributed by atoms with Crippen LogP contribution in [0.2, 0.25) is 0 Å². The zero-order chi connectivity index (χ0) is 21.6. The summed E-state index contributed by atoms with van der Waals surface area (Å²) in [4.78, 5) is 24.1. The van der Waals surface area contributed by atoms with Crippen LogP contribution in [0.5, 0.6) is 0 Å². The van der Waals surface area contributed by atoms with E-state index in [-0.39, 0.29) is 12.1 Å². The molecule has 8 nitrogen and oxygen atoms in total. The van der Waals surface area contributed by atoms with Gasteiger partial charge < -0.3 is 15.5 Å². The molecule has 3 rings (SSSR count). The first-order valence-electron chi connectivity index (χ1n) is 9.57. The molecular weight excluding hydrogens is 384 g/mol. The van der Waals surface area contributed by atoms with Crippen molar-refractivity contribution in [2.45, 2.75) is 25.8 Å². The number of aromatic amines is 1. The van der Waals surface area contributed by atoms with E-state index in [9.17, 15) is 19.8 Å². The first kappa shape index (κ1) is 21.2. The summed E-state index contributed by atoms with van der Waals surface area (Å²) in [6.07, 6.45) is 1.83. The second-order valence-corrected chi connectivity index (χ2v) is 7.52. The molecule has 0 aliphatic heterocycles. The van der Waals surface area contributed by atoms with Crippen molar-refractivity contribution in [1.29, 1.82) is 0 Å². The van der Waals surface area contributed by atoms with Crippen LogP contribution in [0.4, 0.5) is 0 Å². The van der Waals surface area contributed by atoms with E-state index >= 15 is 0 Å². The highest BCUT2D eigenvalue weighted by atomic mass is 16.4. The average molecular weight is 408 g/mol. The summed E-state index contributed by atoms with van der Waals surface area (Å²) in [5, 5.41) is 31.7. The summed E-state index contributed by atoms with van der Waals surface area (Å²) in [5.74, 6) is -1.58. The number of aliphatic hydroxyl groups is 1. The molecule has 30 heavy (non-hydrogen) atoms. The molecule has 4 N–H and O–H groups in total. The molecule has 0 saturated carbocycles. The minimum absolute atomic E-state index is 0.0584. The molecule has 0 unspecified atom stereocenters. The molecule has 0 bridgehead atoms. The Hall–Kier alpha value is -3.52. The molecule has 0 saturated heterocycles. The van der Waals surface area contributed by atoms with Gasteiger partial charge in [0, 0.05) is 6.04 Å². The quantitative estimate of drug-likeness (QED) is 0.430. The number of nitrogens with zero attached hydrogens (tertiary/aromatic N) is 2. The van der Waals surface area contributed by atoms with Crippen molar-refractivity contribution in [1.82, 2.24) is 20.7 Å². The summed E-state index contributed by atoms with van der Waals surface area (Å²) in [6.45, 7) is 0.925. The third-order valence-electron chi connectivity index (χ3n) is 5.09. The van der Waals surface area contributed by atoms with Crippen LogP contribution in [-0.4, -0.2) is 50.1 Å². The monoisotopic (exact) mass is 408 g/mol. The van der Waals surface area contributed by atoms with Gasteiger partial charge in [-0.3, -0.25) is 14.7 Å². The Morgan fingerprint density at radius 3 is 2.33 bits per heavy atom. The van der Waals surface area contributed by atoms with Crippen molar-refractivity contribution in [2.24, 2.45) is 5.41 Å². The number of amides is 1. The molecule has 0 aliphatic rings. The van der Waals surface area contributed by atoms with Gasteiger partial charge >= 0.3 is 5.97 Å². The van der Waals surface area contributed by atoms with Gasteiger partial charge in [-0.05, 0) is 36.5 Å². The van der Waals surface area contributed by atoms with Gasteiger partial charge in [-0.1, -0.05) is 59.8 Å². The smallest absolute Gasteiger partial charge is 0.311 e. The van der Waals surface area contributed by atoms with Crippen molar-refractivity contribution in [2.75, 3.05) is 6.61 Å². The van der Waals surface area contributed by atoms with Crippen LogP contribution >= 0.6 is 0 Å². The number of carboxylic acid groups (broad SMARTS) is 1. The molecular formula is C22H24N4O4. The first-order valence-corrected chi connectivity index (χ1v) is 9.57. The van der Waals surface area contributed by atoms with E-state index in [1.54, 1.807) is 0 Å². The third kappa shape index (κ3) is 5.09. The predicted molar refractivity (Wildman–Crippen MR) is 111 cm³/mol. The van der Waals surface area contributed by atoms with Crippen molar-refractivity contribution >= 4 is 11.9 Å². The molecule has 1 aromatic heterocycles. The van der Waals surface area contributed by atoms with E-state index in [0.717, 1.165) is 16.7 Å². The van der Waals surface area contributed by atoms with E-state index in [1.165, 1.54) is 13.1 Å². The fraction of sp³-hybridized carbons (Fsp3) is 0.273. The minimum Gasteiger partial charge on any atom is -0.481 e. The molecule has 8 heteroatoms. The number of benzene rings is 2. The standard InChI is InChI=1S/C22H24N4O4/c1-22(14-27,21(29)30)12-18(24-20(28)19-13-23-26-25-19)11-15-7-9-17(10-8-15)16-5-3-2-4-6-16/h2-10,13,18,27H,11-12,14H2,1H3,(H,24,28)(H,29,30)(H,23,25,26)/t18-,22+/m1/s1. The number of rotatable bonds is 9. The summed E-state index contributed by atoms with van der Waals surface area (Å²) >= 11 is 0. The number of carboxylic acids is 1. The van der Waals surface area contributed by atoms with Gasteiger partial charge in [0.25, 0.3) is 5.91 Å². The van der Waals surface area contributed by atoms with Crippen LogP contribution in [0.3, 0.4) is 0 Å². The van der Waals surface area contributed by atoms with E-state index < -0.39 is 29.9 Å². The van der Waals surface area contributed by atoms with Crippen LogP contribution in [0, 0.1) is 5.41 Å². The van der Waals surface area contributed by atoms with Gasteiger partial charge in [0.1, 0.15) is 0 Å². The van der Waals surface area contributed by atoms with Crippen molar-refractivity contribution < 1.29 is 19.8 Å². The molecule has 0 fully saturated rings. The zero-order valence-corrected chi connectivity index (χ0v) is 16.6. The van der Waals surface area contributed by atoms with Gasteiger partial charge in [0.15, 0.2) is 5.69 Å². The molecule has 0 spiro atoms. The van der Waals surface area contributed by atoms with E-state index in [4.69, 9.17) is 0 Å². The normalized spacial score (nSPS) is 13.9. The van der Waals surface area contributed by atoms with Crippen LogP contribution in [0.1, 0.15) is 29.4 Å². The van der Waals surface area contributed by atoms with Crippen molar-refractivity contribution in [3.05, 3.63) is 72.1 Å². The summed E-state index contributed by atoms with van der Waals surface area (Å²) in [6, 6.07) is 17.3. The molecule has 2 atom stereocenters. The first-order chi connectivity index (χ1) is 14.4. The van der Waals surface area contributed by atoms with Gasteiger partial charge in [-0.15, -0.1) is 5.10 Å². The summed E-state index contributed by atoms with van der Waals surface area (Å²) in [5.41, 5.74) is 1.82. The molecule has 0 radical (unpaired) electrons. The average Bonchev–Trinajstić information content (AvgIpc) is 3.30. The SMILES string of the molecule is C[C@@](CO)(C[C@@H](Cc1ccc(-c2ccccc2)cc1)NC(=O)c1c[nH]nn1)C(=O)O. The Bertz CT molecular complexity index is 974. The highest BCUT2D eigenvalue weighted by Crippen LogP contribution is 2.26. The zero-order valence-electron chi connectivity index (χ0n) is 16.6. The number of aromatic nitrogens is 3. The number of aliphatic hydroxyl groups excluding tert-OH is 1. The lowest BCUT2D eigenvalue weighted by molar-refractivity contribution is -0.151. The maximum atomic E-state index is 12.4. The highest BCUT2D eigenvalue weighted by Gasteiger charge is 2.36. The highest BCUT2D eigenvalue weighted by molar-refractivity contribution is 5.92. The van der Waals surface area contributed by atoms with Gasteiger partial charge in [0.2, 0.25) is 0 Å². The summed E-state index contributed by atoms with van der Waals surface area (Å²) < 4.78 is 0. The molecule has 2 aromatic carbocycles. The predicted octanol–water partition coefficient (Wildman–Crippen LogP) is 2.29. The molecule has 1 heterocycles. The molecule has 3 aromatic rings. The lowest BCUT2D eigenvalue weighted by Crippen LogP contribution is -2.44. The minimum atomic E-state index is -1.38. The number of aliphatic carboxylic acids is 1. The Morgan fingerprint density at radius 1 is 1.10 bits per heavy atom. The van der Waals surface area contributed by atoms with E-state index in [1.807, 2.05) is 54.6 Å². The second-order valence-electron chi connectivity index (χ2n) is 7.52. The Balaban J connectivity index is 1.79. The fourth-order valence-electron chi connectivity index (χ4n) is 3.26. The number of hydrogen-bond donors (Lipinski definition) is 4. The Morgan fingerprint density at radius 2 is 1.77 bits per heavy atom. The van der Waals surface area contributed by atoms with Gasteiger partial charge in [-0.25, -0.2) is 0 Å². The molecule has 0 aliphatic carbocycles. The Labute approximate surface area is 174 Å². The number of H-pyrrole nitrogens is 1. The maximum Gasteiger partial charge on any atom is 0.311 e. The number of hydrogen-bond acceptors (Lipinski definition) is 5.